The number of alkyl halides is 1. The summed E-state index contributed by atoms with van der Waals surface area (Å²) in [5, 5.41) is 0.816. The molecule has 2 rings (SSSR count). The van der Waals surface area contributed by atoms with E-state index in [1.165, 1.54) is 10.4 Å². The molecule has 0 aliphatic heterocycles. The van der Waals surface area contributed by atoms with Gasteiger partial charge in [-0.1, -0.05) is 46.3 Å². The Morgan fingerprint density at radius 2 is 2.00 bits per heavy atom. The first-order chi connectivity index (χ1) is 6.81. The summed E-state index contributed by atoms with van der Waals surface area (Å²) in [6.07, 6.45) is 0. The van der Waals surface area contributed by atoms with E-state index in [0.717, 1.165) is 14.0 Å². The summed E-state index contributed by atoms with van der Waals surface area (Å²) in [5.74, 6) is 0. The van der Waals surface area contributed by atoms with Gasteiger partial charge in [-0.15, -0.1) is 11.3 Å². The monoisotopic (exact) mass is 379 g/mol. The van der Waals surface area contributed by atoms with Crippen molar-refractivity contribution >= 4 is 49.9 Å². The fourth-order valence-corrected chi connectivity index (χ4v) is 3.59. The smallest absolute Gasteiger partial charge is 0.154 e. The fraction of sp³-hybridized carbons (Fsp3) is 0.100. The summed E-state index contributed by atoms with van der Waals surface area (Å²) in [7, 11) is 0. The lowest BCUT2D eigenvalue weighted by Gasteiger charge is -1.97. The molecule has 0 radical (unpaired) electrons. The Bertz CT molecular complexity index is 427. The average Bonchev–Trinajstić information content (AvgIpc) is 2.61. The van der Waals surface area contributed by atoms with Crippen LogP contribution in [0.1, 0.15) is 5.69 Å². The molecule has 0 atom stereocenters. The zero-order chi connectivity index (χ0) is 9.97. The van der Waals surface area contributed by atoms with Crippen molar-refractivity contribution in [3.8, 4) is 10.4 Å². The number of rotatable bonds is 2. The quantitative estimate of drug-likeness (QED) is 0.559. The molecule has 2 aromatic rings. The second-order valence-corrected chi connectivity index (χ2v) is 6.06. The molecule has 1 aromatic carbocycles. The number of benzene rings is 1. The van der Waals surface area contributed by atoms with Crippen LogP contribution in [0.25, 0.3) is 10.4 Å². The van der Waals surface area contributed by atoms with Gasteiger partial charge in [-0.25, -0.2) is 4.98 Å². The first-order valence-corrected chi connectivity index (χ1v) is 7.09. The molecule has 14 heavy (non-hydrogen) atoms. The summed E-state index contributed by atoms with van der Waals surface area (Å²) in [4.78, 5) is 5.73. The molecule has 0 unspecified atom stereocenters. The van der Waals surface area contributed by atoms with Crippen molar-refractivity contribution in [2.45, 2.75) is 5.33 Å². The topological polar surface area (TPSA) is 12.9 Å². The highest BCUT2D eigenvalue weighted by Crippen LogP contribution is 2.31. The lowest BCUT2D eigenvalue weighted by atomic mass is 10.2. The molecular weight excluding hydrogens is 373 g/mol. The summed E-state index contributed by atoms with van der Waals surface area (Å²) in [6, 6.07) is 10.4. The van der Waals surface area contributed by atoms with E-state index in [-0.39, 0.29) is 0 Å². The molecule has 4 heteroatoms. The third kappa shape index (κ3) is 2.17. The van der Waals surface area contributed by atoms with Crippen LogP contribution in [0.4, 0.5) is 0 Å². The van der Waals surface area contributed by atoms with Gasteiger partial charge in [-0.05, 0) is 28.2 Å². The molecule has 1 heterocycles. The van der Waals surface area contributed by atoms with E-state index in [0.29, 0.717) is 0 Å². The molecule has 1 nitrogen and oxygen atoms in total. The average molecular weight is 380 g/mol. The van der Waals surface area contributed by atoms with Gasteiger partial charge in [-0.3, -0.25) is 0 Å². The molecule has 0 bridgehead atoms. The molecule has 0 amide bonds. The second-order valence-electron chi connectivity index (χ2n) is 2.74. The maximum absolute atomic E-state index is 4.46. The third-order valence-electron chi connectivity index (χ3n) is 1.83. The molecule has 0 spiro atoms. The number of halogens is 2. The van der Waals surface area contributed by atoms with Crippen LogP contribution in [0, 0.1) is 3.01 Å². The Morgan fingerprint density at radius 3 is 2.64 bits per heavy atom. The van der Waals surface area contributed by atoms with Crippen molar-refractivity contribution in [2.24, 2.45) is 0 Å². The summed E-state index contributed by atoms with van der Waals surface area (Å²) in [6.45, 7) is 0. The Morgan fingerprint density at radius 1 is 1.29 bits per heavy atom. The van der Waals surface area contributed by atoms with Crippen LogP contribution in [-0.4, -0.2) is 4.98 Å². The third-order valence-corrected chi connectivity index (χ3v) is 4.20. The lowest BCUT2D eigenvalue weighted by molar-refractivity contribution is 1.22. The highest BCUT2D eigenvalue weighted by Gasteiger charge is 2.09. The molecule has 0 fully saturated rings. The Kier molecular flexibility index (Phi) is 3.57. The highest BCUT2D eigenvalue weighted by molar-refractivity contribution is 14.1. The number of hydrogen-bond donors (Lipinski definition) is 0. The van der Waals surface area contributed by atoms with Crippen molar-refractivity contribution in [3.05, 3.63) is 39.0 Å². The van der Waals surface area contributed by atoms with Crippen molar-refractivity contribution in [2.75, 3.05) is 0 Å². The fourth-order valence-electron chi connectivity index (χ4n) is 1.23. The van der Waals surface area contributed by atoms with Crippen molar-refractivity contribution in [3.63, 3.8) is 0 Å². The lowest BCUT2D eigenvalue weighted by Crippen LogP contribution is -1.81. The van der Waals surface area contributed by atoms with Crippen molar-refractivity contribution in [1.82, 2.24) is 4.98 Å². The van der Waals surface area contributed by atoms with E-state index in [4.69, 9.17) is 0 Å². The predicted molar refractivity (Wildman–Crippen MR) is 72.9 cm³/mol. The molecule has 1 aromatic heterocycles. The molecular formula is C10H7BrINS. The maximum atomic E-state index is 4.46. The van der Waals surface area contributed by atoms with Gasteiger partial charge in [0.15, 0.2) is 3.01 Å². The van der Waals surface area contributed by atoms with Gasteiger partial charge in [0.05, 0.1) is 10.6 Å². The Hall–Kier alpha value is 0.0600. The van der Waals surface area contributed by atoms with Gasteiger partial charge in [0.25, 0.3) is 0 Å². The van der Waals surface area contributed by atoms with Crippen LogP contribution in [0.2, 0.25) is 0 Å². The number of thiazole rings is 1. The zero-order valence-electron chi connectivity index (χ0n) is 7.21. The number of nitrogens with zero attached hydrogens (tertiary/aromatic N) is 1. The second kappa shape index (κ2) is 4.72. The van der Waals surface area contributed by atoms with Crippen LogP contribution in [-0.2, 0) is 5.33 Å². The minimum Gasteiger partial charge on any atom is -0.234 e. The summed E-state index contributed by atoms with van der Waals surface area (Å²) in [5.41, 5.74) is 2.38. The van der Waals surface area contributed by atoms with Crippen LogP contribution in [0.15, 0.2) is 30.3 Å². The number of hydrogen-bond acceptors (Lipinski definition) is 2. The first kappa shape index (κ1) is 10.6. The van der Waals surface area contributed by atoms with Gasteiger partial charge < -0.3 is 0 Å². The zero-order valence-corrected chi connectivity index (χ0v) is 11.8. The van der Waals surface area contributed by atoms with Crippen LogP contribution >= 0.6 is 49.9 Å². The van der Waals surface area contributed by atoms with E-state index in [1.54, 1.807) is 11.3 Å². The largest absolute Gasteiger partial charge is 0.234 e. The van der Waals surface area contributed by atoms with Gasteiger partial charge in [0.1, 0.15) is 0 Å². The van der Waals surface area contributed by atoms with E-state index >= 15 is 0 Å². The SMILES string of the molecule is BrCc1nc(I)sc1-c1ccccc1. The molecule has 0 aliphatic carbocycles. The summed E-state index contributed by atoms with van der Waals surface area (Å²) >= 11 is 7.46. The molecule has 0 N–H and O–H groups in total. The van der Waals surface area contributed by atoms with Gasteiger partial charge >= 0.3 is 0 Å². The molecule has 0 saturated carbocycles. The minimum absolute atomic E-state index is 0.816. The van der Waals surface area contributed by atoms with Gasteiger partial charge in [0, 0.05) is 5.33 Å². The Balaban J connectivity index is 2.51. The van der Waals surface area contributed by atoms with Gasteiger partial charge in [0.2, 0.25) is 0 Å². The van der Waals surface area contributed by atoms with Crippen molar-refractivity contribution in [1.29, 1.82) is 0 Å². The maximum Gasteiger partial charge on any atom is 0.154 e. The van der Waals surface area contributed by atoms with E-state index < -0.39 is 0 Å². The van der Waals surface area contributed by atoms with Crippen molar-refractivity contribution < 1.29 is 0 Å². The highest BCUT2D eigenvalue weighted by atomic mass is 127. The Labute approximate surface area is 109 Å². The first-order valence-electron chi connectivity index (χ1n) is 4.08. The van der Waals surface area contributed by atoms with Crippen LogP contribution in [0.3, 0.4) is 0 Å². The van der Waals surface area contributed by atoms with Crippen LogP contribution in [0.5, 0.6) is 0 Å². The summed E-state index contributed by atoms with van der Waals surface area (Å²) < 4.78 is 1.09. The molecule has 72 valence electrons. The molecule has 0 saturated heterocycles. The normalized spacial score (nSPS) is 10.4. The van der Waals surface area contributed by atoms with E-state index in [9.17, 15) is 0 Å². The van der Waals surface area contributed by atoms with E-state index in [1.807, 2.05) is 6.07 Å². The predicted octanol–water partition coefficient (Wildman–Crippen LogP) is 4.31. The standard InChI is InChI=1S/C10H7BrINS/c11-6-8-9(14-10(12)13-8)7-4-2-1-3-5-7/h1-5H,6H2. The molecule has 0 aliphatic rings. The van der Waals surface area contributed by atoms with Gasteiger partial charge in [-0.2, -0.15) is 0 Å². The van der Waals surface area contributed by atoms with E-state index in [2.05, 4.69) is 67.8 Å². The number of aromatic nitrogens is 1. The minimum atomic E-state index is 0.816. The van der Waals surface area contributed by atoms with Crippen LogP contribution < -0.4 is 0 Å².